The molecule has 0 radical (unpaired) electrons. The normalized spacial score (nSPS) is 12.5. The molecular formula is C14H18BrN3. The Bertz CT molecular complexity index is 537. The number of aryl methyl sites for hydroxylation is 3. The van der Waals surface area contributed by atoms with Gasteiger partial charge in [-0.05, 0) is 44.0 Å². The maximum Gasteiger partial charge on any atom is 0.130 e. The summed E-state index contributed by atoms with van der Waals surface area (Å²) in [6.45, 7) is 6.36. The first-order chi connectivity index (χ1) is 8.49. The third-order valence-corrected chi connectivity index (χ3v) is 3.56. The number of hydrogen-bond donors (Lipinski definition) is 1. The summed E-state index contributed by atoms with van der Waals surface area (Å²) >= 11 is 3.52. The molecule has 0 fully saturated rings. The summed E-state index contributed by atoms with van der Waals surface area (Å²) in [6, 6.07) is 4.43. The van der Waals surface area contributed by atoms with Crippen molar-refractivity contribution < 1.29 is 0 Å². The highest BCUT2D eigenvalue weighted by atomic mass is 79.9. The van der Waals surface area contributed by atoms with Gasteiger partial charge in [0.25, 0.3) is 0 Å². The number of rotatable bonds is 3. The molecule has 0 bridgehead atoms. The summed E-state index contributed by atoms with van der Waals surface area (Å²) in [4.78, 5) is 4.38. The van der Waals surface area contributed by atoms with Gasteiger partial charge < -0.3 is 9.88 Å². The minimum Gasteiger partial charge on any atom is -0.375 e. The maximum absolute atomic E-state index is 4.38. The van der Waals surface area contributed by atoms with E-state index in [2.05, 4.69) is 59.1 Å². The van der Waals surface area contributed by atoms with Gasteiger partial charge in [0.05, 0.1) is 6.04 Å². The van der Waals surface area contributed by atoms with Gasteiger partial charge in [-0.25, -0.2) is 4.98 Å². The van der Waals surface area contributed by atoms with Crippen molar-refractivity contribution in [3.63, 3.8) is 0 Å². The summed E-state index contributed by atoms with van der Waals surface area (Å²) in [5.41, 5.74) is 3.67. The van der Waals surface area contributed by atoms with Gasteiger partial charge in [0, 0.05) is 29.6 Å². The molecule has 0 saturated carbocycles. The van der Waals surface area contributed by atoms with Gasteiger partial charge in [-0.3, -0.25) is 0 Å². The fourth-order valence-electron chi connectivity index (χ4n) is 2.21. The summed E-state index contributed by atoms with van der Waals surface area (Å²) in [6.07, 6.45) is 3.80. The molecule has 0 aliphatic rings. The first-order valence-corrected chi connectivity index (χ1v) is 6.79. The molecule has 1 atom stereocenters. The first-order valence-electron chi connectivity index (χ1n) is 5.99. The maximum atomic E-state index is 4.38. The molecule has 1 aromatic carbocycles. The van der Waals surface area contributed by atoms with Crippen LogP contribution in [0.5, 0.6) is 0 Å². The standard InChI is InChI=1S/C14H18BrN3/c1-9-7-12(15)8-10(2)13(9)17-11(3)14-16-5-6-18(14)4/h5-8,11,17H,1-4H3. The van der Waals surface area contributed by atoms with Gasteiger partial charge in [0.2, 0.25) is 0 Å². The molecule has 1 N–H and O–H groups in total. The number of halogens is 1. The molecule has 1 unspecified atom stereocenters. The lowest BCUT2D eigenvalue weighted by atomic mass is 10.1. The Morgan fingerprint density at radius 1 is 1.28 bits per heavy atom. The van der Waals surface area contributed by atoms with Crippen LogP contribution in [-0.4, -0.2) is 9.55 Å². The van der Waals surface area contributed by atoms with Crippen molar-refractivity contribution in [2.24, 2.45) is 7.05 Å². The summed E-state index contributed by atoms with van der Waals surface area (Å²) in [7, 11) is 2.02. The van der Waals surface area contributed by atoms with E-state index >= 15 is 0 Å². The minimum atomic E-state index is 0.184. The zero-order valence-corrected chi connectivity index (χ0v) is 12.7. The lowest BCUT2D eigenvalue weighted by Crippen LogP contribution is -2.13. The molecule has 96 valence electrons. The number of nitrogens with zero attached hydrogens (tertiary/aromatic N) is 2. The van der Waals surface area contributed by atoms with E-state index in [1.807, 2.05) is 24.0 Å². The summed E-state index contributed by atoms with van der Waals surface area (Å²) < 4.78 is 3.16. The van der Waals surface area contributed by atoms with Crippen LogP contribution in [0.15, 0.2) is 29.0 Å². The predicted molar refractivity (Wildman–Crippen MR) is 78.9 cm³/mol. The fraction of sp³-hybridized carbons (Fsp3) is 0.357. The zero-order chi connectivity index (χ0) is 13.3. The molecule has 0 saturated heterocycles. The Labute approximate surface area is 116 Å². The number of anilines is 1. The Morgan fingerprint density at radius 3 is 2.39 bits per heavy atom. The second kappa shape index (κ2) is 5.14. The average molecular weight is 308 g/mol. The van der Waals surface area contributed by atoms with Crippen LogP contribution in [0.2, 0.25) is 0 Å². The molecule has 3 nitrogen and oxygen atoms in total. The van der Waals surface area contributed by atoms with E-state index in [0.717, 1.165) is 10.3 Å². The molecule has 0 amide bonds. The Hall–Kier alpha value is -1.29. The monoisotopic (exact) mass is 307 g/mol. The second-order valence-corrected chi connectivity index (χ2v) is 5.59. The molecule has 0 aliphatic heterocycles. The van der Waals surface area contributed by atoms with Crippen LogP contribution >= 0.6 is 15.9 Å². The van der Waals surface area contributed by atoms with Gasteiger partial charge >= 0.3 is 0 Å². The van der Waals surface area contributed by atoms with E-state index < -0.39 is 0 Å². The smallest absolute Gasteiger partial charge is 0.130 e. The van der Waals surface area contributed by atoms with Crippen molar-refractivity contribution >= 4 is 21.6 Å². The lowest BCUT2D eigenvalue weighted by molar-refractivity contribution is 0.720. The number of nitrogens with one attached hydrogen (secondary N) is 1. The third-order valence-electron chi connectivity index (χ3n) is 3.10. The van der Waals surface area contributed by atoms with Crippen molar-refractivity contribution in [1.29, 1.82) is 0 Å². The Morgan fingerprint density at radius 2 is 1.89 bits per heavy atom. The predicted octanol–water partition coefficient (Wildman–Crippen LogP) is 3.97. The van der Waals surface area contributed by atoms with Crippen LogP contribution in [-0.2, 0) is 7.05 Å². The quantitative estimate of drug-likeness (QED) is 0.929. The Kier molecular flexibility index (Phi) is 3.76. The topological polar surface area (TPSA) is 29.9 Å². The van der Waals surface area contributed by atoms with E-state index in [1.165, 1.54) is 16.8 Å². The number of aromatic nitrogens is 2. The van der Waals surface area contributed by atoms with Gasteiger partial charge in [-0.15, -0.1) is 0 Å². The van der Waals surface area contributed by atoms with Crippen molar-refractivity contribution in [2.45, 2.75) is 26.8 Å². The van der Waals surface area contributed by atoms with Crippen molar-refractivity contribution in [1.82, 2.24) is 9.55 Å². The molecule has 0 aliphatic carbocycles. The van der Waals surface area contributed by atoms with E-state index in [1.54, 1.807) is 0 Å². The van der Waals surface area contributed by atoms with E-state index in [-0.39, 0.29) is 6.04 Å². The largest absolute Gasteiger partial charge is 0.375 e. The number of benzene rings is 1. The molecule has 18 heavy (non-hydrogen) atoms. The first kappa shape index (κ1) is 13.1. The van der Waals surface area contributed by atoms with Crippen molar-refractivity contribution in [2.75, 3.05) is 5.32 Å². The van der Waals surface area contributed by atoms with E-state index in [9.17, 15) is 0 Å². The highest BCUT2D eigenvalue weighted by Crippen LogP contribution is 2.28. The minimum absolute atomic E-state index is 0.184. The van der Waals surface area contributed by atoms with Gasteiger partial charge in [-0.1, -0.05) is 15.9 Å². The summed E-state index contributed by atoms with van der Waals surface area (Å²) in [5, 5.41) is 3.54. The van der Waals surface area contributed by atoms with Crippen LogP contribution in [0.25, 0.3) is 0 Å². The molecule has 4 heteroatoms. The van der Waals surface area contributed by atoms with Crippen LogP contribution in [0, 0.1) is 13.8 Å². The molecule has 2 rings (SSSR count). The van der Waals surface area contributed by atoms with Crippen molar-refractivity contribution in [3.8, 4) is 0 Å². The zero-order valence-electron chi connectivity index (χ0n) is 11.2. The van der Waals surface area contributed by atoms with Gasteiger partial charge in [0.1, 0.15) is 5.82 Å². The fourth-order valence-corrected chi connectivity index (χ4v) is 2.90. The average Bonchev–Trinajstić information content (AvgIpc) is 2.69. The Balaban J connectivity index is 2.27. The van der Waals surface area contributed by atoms with Crippen LogP contribution in [0.4, 0.5) is 5.69 Å². The van der Waals surface area contributed by atoms with Gasteiger partial charge in [-0.2, -0.15) is 0 Å². The van der Waals surface area contributed by atoms with Crippen LogP contribution in [0.1, 0.15) is 29.9 Å². The highest BCUT2D eigenvalue weighted by molar-refractivity contribution is 9.10. The number of hydrogen-bond acceptors (Lipinski definition) is 2. The molecule has 1 heterocycles. The molecule has 2 aromatic rings. The lowest BCUT2D eigenvalue weighted by Gasteiger charge is -2.19. The van der Waals surface area contributed by atoms with E-state index in [4.69, 9.17) is 0 Å². The van der Waals surface area contributed by atoms with Crippen LogP contribution in [0.3, 0.4) is 0 Å². The molecule has 0 spiro atoms. The van der Waals surface area contributed by atoms with Crippen molar-refractivity contribution in [3.05, 3.63) is 46.0 Å². The highest BCUT2D eigenvalue weighted by Gasteiger charge is 2.12. The molecule has 1 aromatic heterocycles. The summed E-state index contributed by atoms with van der Waals surface area (Å²) in [5.74, 6) is 1.04. The molecular weight excluding hydrogens is 290 g/mol. The van der Waals surface area contributed by atoms with Gasteiger partial charge in [0.15, 0.2) is 0 Å². The van der Waals surface area contributed by atoms with Crippen LogP contribution < -0.4 is 5.32 Å². The third kappa shape index (κ3) is 2.58. The number of imidazole rings is 1. The van der Waals surface area contributed by atoms with E-state index in [0.29, 0.717) is 0 Å². The second-order valence-electron chi connectivity index (χ2n) is 4.68. The SMILES string of the molecule is Cc1cc(Br)cc(C)c1NC(C)c1nccn1C.